The van der Waals surface area contributed by atoms with Crippen molar-refractivity contribution in [3.63, 3.8) is 0 Å². The van der Waals surface area contributed by atoms with Crippen molar-refractivity contribution in [1.29, 1.82) is 0 Å². The van der Waals surface area contributed by atoms with Gasteiger partial charge in [-0.25, -0.2) is 0 Å². The van der Waals surface area contributed by atoms with Gasteiger partial charge < -0.3 is 20.1 Å². The van der Waals surface area contributed by atoms with Crippen LogP contribution < -0.4 is 20.1 Å². The van der Waals surface area contributed by atoms with Gasteiger partial charge in [-0.2, -0.15) is 0 Å². The Hall–Kier alpha value is -3.06. The van der Waals surface area contributed by atoms with Gasteiger partial charge in [0.15, 0.2) is 0 Å². The molecule has 7 nitrogen and oxygen atoms in total. The zero-order valence-electron chi connectivity index (χ0n) is 19.7. The lowest BCUT2D eigenvalue weighted by molar-refractivity contribution is -0.117. The Bertz CT molecular complexity index is 909. The molecule has 178 valence electrons. The van der Waals surface area contributed by atoms with Gasteiger partial charge in [-0.3, -0.25) is 14.5 Å². The molecular formula is C26H35N3O4. The summed E-state index contributed by atoms with van der Waals surface area (Å²) in [5.74, 6) is 0.644. The molecule has 1 aliphatic heterocycles. The van der Waals surface area contributed by atoms with Crippen molar-refractivity contribution in [3.05, 3.63) is 48.0 Å². The number of rotatable bonds is 9. The van der Waals surface area contributed by atoms with Gasteiger partial charge >= 0.3 is 0 Å². The van der Waals surface area contributed by atoms with E-state index in [1.54, 1.807) is 24.3 Å². The van der Waals surface area contributed by atoms with E-state index in [1.165, 1.54) is 19.3 Å². The Balaban J connectivity index is 1.78. The molecule has 0 unspecified atom stereocenters. The fourth-order valence-electron chi connectivity index (χ4n) is 3.95. The monoisotopic (exact) mass is 453 g/mol. The lowest BCUT2D eigenvalue weighted by Gasteiger charge is -2.24. The molecule has 0 radical (unpaired) electrons. The molecule has 0 bridgehead atoms. The molecule has 0 spiro atoms. The zero-order chi connectivity index (χ0) is 23.5. The normalized spacial score (nSPS) is 14.6. The highest BCUT2D eigenvalue weighted by molar-refractivity contribution is 6.05. The molecule has 0 saturated carbocycles. The predicted molar refractivity (Wildman–Crippen MR) is 131 cm³/mol. The van der Waals surface area contributed by atoms with Gasteiger partial charge in [-0.1, -0.05) is 37.5 Å². The first kappa shape index (κ1) is 24.6. The van der Waals surface area contributed by atoms with Crippen molar-refractivity contribution in [2.24, 2.45) is 0 Å². The first-order valence-corrected chi connectivity index (χ1v) is 11.9. The third-order valence-electron chi connectivity index (χ3n) is 5.56. The summed E-state index contributed by atoms with van der Waals surface area (Å²) < 4.78 is 11.6. The summed E-state index contributed by atoms with van der Waals surface area (Å²) in [6.07, 6.45) is 5.98. The number of likely N-dealkylation sites (tertiary alicyclic amines) is 1. The topological polar surface area (TPSA) is 79.9 Å². The molecule has 0 aromatic heterocycles. The summed E-state index contributed by atoms with van der Waals surface area (Å²) in [6, 6.07) is 12.4. The van der Waals surface area contributed by atoms with Gasteiger partial charge in [-0.05, 0) is 51.9 Å². The second-order valence-electron chi connectivity index (χ2n) is 8.12. The molecule has 1 saturated heterocycles. The second-order valence-corrected chi connectivity index (χ2v) is 8.12. The van der Waals surface area contributed by atoms with Crippen molar-refractivity contribution in [2.45, 2.75) is 46.0 Å². The zero-order valence-corrected chi connectivity index (χ0v) is 19.7. The van der Waals surface area contributed by atoms with E-state index in [0.29, 0.717) is 48.2 Å². The molecule has 33 heavy (non-hydrogen) atoms. The number of ether oxygens (including phenoxy) is 2. The number of nitrogens with one attached hydrogen (secondary N) is 2. The molecule has 2 amide bonds. The van der Waals surface area contributed by atoms with Gasteiger partial charge in [0.2, 0.25) is 5.91 Å². The van der Waals surface area contributed by atoms with Crippen molar-refractivity contribution in [2.75, 3.05) is 43.5 Å². The Labute approximate surface area is 196 Å². The van der Waals surface area contributed by atoms with Crippen LogP contribution >= 0.6 is 0 Å². The third-order valence-corrected chi connectivity index (χ3v) is 5.56. The Morgan fingerprint density at radius 2 is 1.36 bits per heavy atom. The number of hydrogen-bond donors (Lipinski definition) is 2. The molecule has 0 atom stereocenters. The van der Waals surface area contributed by atoms with E-state index in [4.69, 9.17) is 9.47 Å². The van der Waals surface area contributed by atoms with Crippen molar-refractivity contribution < 1.29 is 19.1 Å². The van der Waals surface area contributed by atoms with Crippen LogP contribution in [-0.2, 0) is 4.79 Å². The van der Waals surface area contributed by atoms with Gasteiger partial charge in [-0.15, -0.1) is 0 Å². The van der Waals surface area contributed by atoms with Crippen LogP contribution in [0, 0.1) is 0 Å². The van der Waals surface area contributed by atoms with Crippen LogP contribution in [0.4, 0.5) is 11.4 Å². The van der Waals surface area contributed by atoms with Crippen LogP contribution in [0.3, 0.4) is 0 Å². The van der Waals surface area contributed by atoms with Gasteiger partial charge in [0, 0.05) is 17.7 Å². The molecular weight excluding hydrogens is 418 g/mol. The van der Waals surface area contributed by atoms with Crippen LogP contribution in [-0.4, -0.2) is 49.6 Å². The predicted octanol–water partition coefficient (Wildman–Crippen LogP) is 4.94. The van der Waals surface area contributed by atoms with Crippen LogP contribution in [0.5, 0.6) is 11.5 Å². The first-order valence-electron chi connectivity index (χ1n) is 11.9. The average Bonchev–Trinajstić information content (AvgIpc) is 2.79. The number of amides is 2. The van der Waals surface area contributed by atoms with Gasteiger partial charge in [0.25, 0.3) is 5.91 Å². The lowest BCUT2D eigenvalue weighted by Crippen LogP contribution is -2.35. The highest BCUT2D eigenvalue weighted by Crippen LogP contribution is 2.37. The van der Waals surface area contributed by atoms with E-state index in [0.717, 1.165) is 25.9 Å². The number of carbonyl (C=O) groups excluding carboxylic acids is 2. The van der Waals surface area contributed by atoms with E-state index in [9.17, 15) is 9.59 Å². The quantitative estimate of drug-likeness (QED) is 0.562. The molecule has 1 fully saturated rings. The van der Waals surface area contributed by atoms with E-state index in [1.807, 2.05) is 32.0 Å². The fraction of sp³-hybridized carbons (Fsp3) is 0.462. The number of benzene rings is 2. The maximum Gasteiger partial charge on any atom is 0.255 e. The van der Waals surface area contributed by atoms with E-state index >= 15 is 0 Å². The highest BCUT2D eigenvalue weighted by atomic mass is 16.5. The molecule has 2 N–H and O–H groups in total. The molecule has 0 aliphatic carbocycles. The van der Waals surface area contributed by atoms with E-state index in [2.05, 4.69) is 15.5 Å². The van der Waals surface area contributed by atoms with Crippen molar-refractivity contribution in [3.8, 4) is 11.5 Å². The molecule has 3 rings (SSSR count). The summed E-state index contributed by atoms with van der Waals surface area (Å²) in [7, 11) is 0. The minimum absolute atomic E-state index is 0.0833. The summed E-state index contributed by atoms with van der Waals surface area (Å²) >= 11 is 0. The number of carbonyl (C=O) groups is 2. The average molecular weight is 454 g/mol. The number of nitrogens with zero attached hydrogens (tertiary/aromatic N) is 1. The van der Waals surface area contributed by atoms with Crippen LogP contribution in [0.25, 0.3) is 0 Å². The number of anilines is 2. The SMILES string of the molecule is CCOc1cc(NC(=O)c2ccccc2)c(OCC)cc1NC(=O)CN1CCCCCCC1. The third kappa shape index (κ3) is 7.49. The first-order chi connectivity index (χ1) is 16.1. The lowest BCUT2D eigenvalue weighted by atomic mass is 10.1. The highest BCUT2D eigenvalue weighted by Gasteiger charge is 2.18. The summed E-state index contributed by atoms with van der Waals surface area (Å²) in [6.45, 7) is 6.84. The largest absolute Gasteiger partial charge is 0.492 e. The molecule has 2 aromatic carbocycles. The second kappa shape index (κ2) is 12.8. The number of hydrogen-bond acceptors (Lipinski definition) is 5. The Kier molecular flexibility index (Phi) is 9.57. The van der Waals surface area contributed by atoms with Crippen LogP contribution in [0.1, 0.15) is 56.3 Å². The minimum atomic E-state index is -0.243. The molecule has 1 heterocycles. The molecule has 2 aromatic rings. The Morgan fingerprint density at radius 1 is 0.818 bits per heavy atom. The smallest absolute Gasteiger partial charge is 0.255 e. The fourth-order valence-corrected chi connectivity index (χ4v) is 3.95. The van der Waals surface area contributed by atoms with Gasteiger partial charge in [0.05, 0.1) is 31.1 Å². The summed E-state index contributed by atoms with van der Waals surface area (Å²) in [4.78, 5) is 27.7. The molecule has 1 aliphatic rings. The standard InChI is InChI=1S/C26H35N3O4/c1-3-32-23-18-22(28-26(31)20-13-9-8-10-14-20)24(33-4-2)17-21(23)27-25(30)19-29-15-11-6-5-7-12-16-29/h8-10,13-14,17-18H,3-7,11-12,15-16,19H2,1-2H3,(H,27,30)(H,28,31). The Morgan fingerprint density at radius 3 is 1.94 bits per heavy atom. The van der Waals surface area contributed by atoms with Crippen molar-refractivity contribution in [1.82, 2.24) is 4.90 Å². The maximum atomic E-state index is 12.8. The summed E-state index contributed by atoms with van der Waals surface area (Å²) in [5.41, 5.74) is 1.58. The summed E-state index contributed by atoms with van der Waals surface area (Å²) in [5, 5.41) is 5.90. The van der Waals surface area contributed by atoms with Gasteiger partial charge in [0.1, 0.15) is 11.5 Å². The minimum Gasteiger partial charge on any atom is -0.492 e. The van der Waals surface area contributed by atoms with E-state index < -0.39 is 0 Å². The maximum absolute atomic E-state index is 12.8. The van der Waals surface area contributed by atoms with Crippen molar-refractivity contribution >= 4 is 23.2 Å². The molecule has 7 heteroatoms. The van der Waals surface area contributed by atoms with E-state index in [-0.39, 0.29) is 11.8 Å². The van der Waals surface area contributed by atoms with Crippen LogP contribution in [0.15, 0.2) is 42.5 Å². The van der Waals surface area contributed by atoms with Crippen LogP contribution in [0.2, 0.25) is 0 Å².